The van der Waals surface area contributed by atoms with Crippen LogP contribution in [-0.2, 0) is 16.6 Å². The van der Waals surface area contributed by atoms with E-state index in [1.54, 1.807) is 25.1 Å². The highest BCUT2D eigenvalue weighted by Gasteiger charge is 2.40. The first-order valence-corrected chi connectivity index (χ1v) is 9.95. The van der Waals surface area contributed by atoms with Crippen molar-refractivity contribution in [1.82, 2.24) is 4.57 Å². The predicted molar refractivity (Wildman–Crippen MR) is 116 cm³/mol. The Bertz CT molecular complexity index is 1440. The highest BCUT2D eigenvalue weighted by Crippen LogP contribution is 2.46. The normalized spacial score (nSPS) is 15.7. The Morgan fingerprint density at radius 1 is 1.13 bits per heavy atom. The number of benzene rings is 2. The maximum absolute atomic E-state index is 13.2. The van der Waals surface area contributed by atoms with Gasteiger partial charge in [-0.05, 0) is 30.7 Å². The summed E-state index contributed by atoms with van der Waals surface area (Å²) in [6.45, 7) is 1.87. The number of rotatable bonds is 3. The third kappa shape index (κ3) is 2.81. The Kier molecular flexibility index (Phi) is 4.32. The summed E-state index contributed by atoms with van der Waals surface area (Å²) in [5.74, 6) is -1.21. The van der Waals surface area contributed by atoms with Gasteiger partial charge in [-0.2, -0.15) is 0 Å². The number of fused-ring (bicyclic) bond motifs is 4. The lowest BCUT2D eigenvalue weighted by molar-refractivity contribution is -0.139. The number of aryl methyl sites for hydroxylation is 1. The van der Waals surface area contributed by atoms with Crippen LogP contribution in [0.25, 0.3) is 21.9 Å². The number of carbonyl (C=O) groups excluding carboxylic acids is 1. The molecule has 0 amide bonds. The highest BCUT2D eigenvalue weighted by molar-refractivity contribution is 5.97. The molecule has 0 bridgehead atoms. The van der Waals surface area contributed by atoms with E-state index in [1.807, 2.05) is 48.1 Å². The van der Waals surface area contributed by atoms with Gasteiger partial charge in [0.1, 0.15) is 11.2 Å². The van der Waals surface area contributed by atoms with Crippen molar-refractivity contribution < 1.29 is 18.7 Å². The molecule has 156 valence electrons. The Hall–Kier alpha value is -4.00. The smallest absolute Gasteiger partial charge is 0.344 e. The molecule has 0 saturated heterocycles. The standard InChI is InChI=1S/C24H20N2O5/c1-3-29-23(27)20-18(15-12-26(2)16-10-6-4-8-13(15)16)19-21(31-22(20)25)14-9-5-7-11-17(14)30-24(19)28/h4-12,18H,3,25H2,1-2H3. The minimum absolute atomic E-state index is 0.0837. The average Bonchev–Trinajstić information content (AvgIpc) is 3.09. The van der Waals surface area contributed by atoms with Crippen molar-refractivity contribution in [3.63, 3.8) is 0 Å². The number of carbonyl (C=O) groups is 1. The summed E-state index contributed by atoms with van der Waals surface area (Å²) in [4.78, 5) is 26.1. The molecule has 1 unspecified atom stereocenters. The number of para-hydroxylation sites is 2. The van der Waals surface area contributed by atoms with E-state index >= 15 is 0 Å². The minimum atomic E-state index is -0.797. The molecule has 4 aromatic rings. The van der Waals surface area contributed by atoms with Crippen molar-refractivity contribution >= 4 is 27.8 Å². The molecule has 1 aliphatic heterocycles. The molecular weight excluding hydrogens is 396 g/mol. The van der Waals surface area contributed by atoms with Crippen molar-refractivity contribution in [3.05, 3.63) is 87.7 Å². The first-order chi connectivity index (χ1) is 15.0. The summed E-state index contributed by atoms with van der Waals surface area (Å²) in [7, 11) is 1.91. The van der Waals surface area contributed by atoms with Crippen molar-refractivity contribution in [2.75, 3.05) is 6.61 Å². The van der Waals surface area contributed by atoms with Crippen molar-refractivity contribution in [2.24, 2.45) is 12.8 Å². The summed E-state index contributed by atoms with van der Waals surface area (Å²) in [5, 5.41) is 1.50. The Morgan fingerprint density at radius 3 is 2.61 bits per heavy atom. The molecule has 0 spiro atoms. The topological polar surface area (TPSA) is 96.7 Å². The predicted octanol–water partition coefficient (Wildman–Crippen LogP) is 3.54. The van der Waals surface area contributed by atoms with Crippen LogP contribution in [0.2, 0.25) is 0 Å². The summed E-state index contributed by atoms with van der Waals surface area (Å²) >= 11 is 0. The molecule has 2 aromatic carbocycles. The molecule has 5 rings (SSSR count). The van der Waals surface area contributed by atoms with E-state index < -0.39 is 17.5 Å². The van der Waals surface area contributed by atoms with Crippen molar-refractivity contribution in [2.45, 2.75) is 12.8 Å². The first kappa shape index (κ1) is 19.0. The maximum atomic E-state index is 13.2. The van der Waals surface area contributed by atoms with Crippen molar-refractivity contribution in [3.8, 4) is 5.75 Å². The van der Waals surface area contributed by atoms with Gasteiger partial charge < -0.3 is 24.2 Å². The van der Waals surface area contributed by atoms with Crippen LogP contribution in [0.5, 0.6) is 5.75 Å². The first-order valence-electron chi connectivity index (χ1n) is 9.95. The largest absolute Gasteiger partial charge is 0.462 e. The molecule has 0 radical (unpaired) electrons. The lowest BCUT2D eigenvalue weighted by atomic mass is 9.83. The molecule has 2 aromatic heterocycles. The van der Waals surface area contributed by atoms with Gasteiger partial charge in [-0.25, -0.2) is 9.59 Å². The molecular formula is C24H20N2O5. The van der Waals surface area contributed by atoms with Crippen LogP contribution in [0.1, 0.15) is 24.0 Å². The van der Waals surface area contributed by atoms with Gasteiger partial charge in [0.15, 0.2) is 5.75 Å². The van der Waals surface area contributed by atoms with Gasteiger partial charge in [0.25, 0.3) is 0 Å². The van der Waals surface area contributed by atoms with Gasteiger partial charge in [-0.3, -0.25) is 0 Å². The zero-order valence-corrected chi connectivity index (χ0v) is 17.0. The summed E-state index contributed by atoms with van der Waals surface area (Å²) in [6, 6.07) is 14.8. The SMILES string of the molecule is CCOC(=O)C1=C(N)Oc2c(c(=O)oc3ccccc23)C1c1cn(C)c2ccccc12. The van der Waals surface area contributed by atoms with Crippen LogP contribution in [0.4, 0.5) is 0 Å². The number of hydrogen-bond donors (Lipinski definition) is 1. The maximum Gasteiger partial charge on any atom is 0.344 e. The van der Waals surface area contributed by atoms with Gasteiger partial charge in [0, 0.05) is 24.1 Å². The second-order valence-corrected chi connectivity index (χ2v) is 7.37. The summed E-state index contributed by atoms with van der Waals surface area (Å²) in [5.41, 5.74) is 8.09. The van der Waals surface area contributed by atoms with Gasteiger partial charge in [-0.1, -0.05) is 30.3 Å². The minimum Gasteiger partial charge on any atom is -0.462 e. The molecule has 31 heavy (non-hydrogen) atoms. The zero-order valence-electron chi connectivity index (χ0n) is 17.0. The van der Waals surface area contributed by atoms with Crippen LogP contribution >= 0.6 is 0 Å². The van der Waals surface area contributed by atoms with E-state index in [0.717, 1.165) is 16.5 Å². The van der Waals surface area contributed by atoms with Gasteiger partial charge in [0.2, 0.25) is 5.88 Å². The number of nitrogens with two attached hydrogens (primary N) is 1. The Balaban J connectivity index is 1.88. The van der Waals surface area contributed by atoms with E-state index in [0.29, 0.717) is 16.7 Å². The highest BCUT2D eigenvalue weighted by atomic mass is 16.5. The van der Waals surface area contributed by atoms with Gasteiger partial charge in [-0.15, -0.1) is 0 Å². The fourth-order valence-electron chi connectivity index (χ4n) is 4.29. The van der Waals surface area contributed by atoms with Crippen LogP contribution in [-0.4, -0.2) is 17.1 Å². The molecule has 1 aliphatic rings. The summed E-state index contributed by atoms with van der Waals surface area (Å²) < 4.78 is 18.7. The van der Waals surface area contributed by atoms with Crippen LogP contribution in [0.15, 0.2) is 75.4 Å². The lowest BCUT2D eigenvalue weighted by Gasteiger charge is -2.27. The third-order valence-corrected chi connectivity index (χ3v) is 5.59. The van der Waals surface area contributed by atoms with E-state index in [-0.39, 0.29) is 23.6 Å². The fourth-order valence-corrected chi connectivity index (χ4v) is 4.29. The van der Waals surface area contributed by atoms with Crippen molar-refractivity contribution in [1.29, 1.82) is 0 Å². The second kappa shape index (κ2) is 7.05. The van der Waals surface area contributed by atoms with Crippen LogP contribution < -0.4 is 16.1 Å². The molecule has 0 fully saturated rings. The van der Waals surface area contributed by atoms with Crippen LogP contribution in [0, 0.1) is 0 Å². The number of hydrogen-bond acceptors (Lipinski definition) is 6. The zero-order chi connectivity index (χ0) is 21.7. The Labute approximate surface area is 177 Å². The molecule has 0 aliphatic carbocycles. The quantitative estimate of drug-likeness (QED) is 0.405. The number of aromatic nitrogens is 1. The number of nitrogens with zero attached hydrogens (tertiary/aromatic N) is 1. The molecule has 0 saturated carbocycles. The molecule has 3 heterocycles. The Morgan fingerprint density at radius 2 is 1.84 bits per heavy atom. The van der Waals surface area contributed by atoms with E-state index in [9.17, 15) is 9.59 Å². The number of ether oxygens (including phenoxy) is 2. The van der Waals surface area contributed by atoms with Gasteiger partial charge >= 0.3 is 11.6 Å². The number of esters is 1. The monoisotopic (exact) mass is 416 g/mol. The van der Waals surface area contributed by atoms with Crippen LogP contribution in [0.3, 0.4) is 0 Å². The molecule has 7 heteroatoms. The fraction of sp³-hybridized carbons (Fsp3) is 0.167. The lowest BCUT2D eigenvalue weighted by Crippen LogP contribution is -2.31. The van der Waals surface area contributed by atoms with E-state index in [4.69, 9.17) is 19.6 Å². The summed E-state index contributed by atoms with van der Waals surface area (Å²) in [6.07, 6.45) is 1.89. The third-order valence-electron chi connectivity index (χ3n) is 5.59. The van der Waals surface area contributed by atoms with E-state index in [1.165, 1.54) is 0 Å². The average molecular weight is 416 g/mol. The molecule has 7 nitrogen and oxygen atoms in total. The van der Waals surface area contributed by atoms with Gasteiger partial charge in [0.05, 0.1) is 23.5 Å². The second-order valence-electron chi connectivity index (χ2n) is 7.37. The molecule has 1 atom stereocenters. The molecule has 2 N–H and O–H groups in total. The van der Waals surface area contributed by atoms with E-state index in [2.05, 4.69) is 0 Å².